The number of nitrogens with zero attached hydrogens (tertiary/aromatic N) is 1. The number of fused-ring (bicyclic) bond motifs is 1. The summed E-state index contributed by atoms with van der Waals surface area (Å²) in [6, 6.07) is 20.2. The van der Waals surface area contributed by atoms with Gasteiger partial charge < -0.3 is 29.4 Å². The third-order valence-electron chi connectivity index (χ3n) is 6.22. The number of unbranched alkanes of at least 4 members (excludes halogenated alkanes) is 1. The standard InChI is InChI=1S/C31H32N2O6/c1-4-6-15-36-26-14-11-21(16-28(26)35-5-2)30-23-13-12-22(17-27(23)39-31(33)24(30)18-32)38-29(34)19-37-25-10-8-7-9-20(25)3/h7-14,16-17,30H,4-6,15,19,33H2,1-3H3. The zero-order valence-corrected chi connectivity index (χ0v) is 22.4. The number of para-hydroxylation sites is 1. The molecule has 1 aliphatic rings. The molecule has 3 aromatic rings. The number of hydrogen-bond donors (Lipinski definition) is 1. The molecule has 8 nitrogen and oxygen atoms in total. The predicted octanol–water partition coefficient (Wildman–Crippen LogP) is 5.78. The molecule has 8 heteroatoms. The quantitative estimate of drug-likeness (QED) is 0.189. The number of carbonyl (C=O) groups excluding carboxylic acids is 1. The summed E-state index contributed by atoms with van der Waals surface area (Å²) in [6.45, 7) is 6.70. The van der Waals surface area contributed by atoms with Crippen LogP contribution < -0.4 is 29.4 Å². The van der Waals surface area contributed by atoms with Crippen LogP contribution in [-0.2, 0) is 4.79 Å². The number of esters is 1. The van der Waals surface area contributed by atoms with Gasteiger partial charge in [-0.1, -0.05) is 43.7 Å². The van der Waals surface area contributed by atoms with Crippen LogP contribution in [0.15, 0.2) is 72.1 Å². The van der Waals surface area contributed by atoms with Crippen LogP contribution >= 0.6 is 0 Å². The van der Waals surface area contributed by atoms with Crippen molar-refractivity contribution in [2.75, 3.05) is 19.8 Å². The fraction of sp³-hybridized carbons (Fsp3) is 0.290. The lowest BCUT2D eigenvalue weighted by Crippen LogP contribution is -2.22. The summed E-state index contributed by atoms with van der Waals surface area (Å²) >= 11 is 0. The van der Waals surface area contributed by atoms with E-state index in [1.54, 1.807) is 24.3 Å². The first kappa shape index (κ1) is 27.4. The van der Waals surface area contributed by atoms with Crippen molar-refractivity contribution in [1.29, 1.82) is 5.26 Å². The molecule has 2 N–H and O–H groups in total. The van der Waals surface area contributed by atoms with Crippen LogP contribution in [0.4, 0.5) is 0 Å². The van der Waals surface area contributed by atoms with Crippen molar-refractivity contribution < 1.29 is 28.5 Å². The van der Waals surface area contributed by atoms with Gasteiger partial charge in [-0.25, -0.2) is 4.79 Å². The Balaban J connectivity index is 1.58. The first-order valence-electron chi connectivity index (χ1n) is 12.9. The van der Waals surface area contributed by atoms with E-state index >= 15 is 0 Å². The van der Waals surface area contributed by atoms with E-state index < -0.39 is 11.9 Å². The summed E-state index contributed by atoms with van der Waals surface area (Å²) in [5, 5.41) is 9.93. The third-order valence-corrected chi connectivity index (χ3v) is 6.22. The highest BCUT2D eigenvalue weighted by molar-refractivity contribution is 5.74. The Morgan fingerprint density at radius 2 is 1.82 bits per heavy atom. The summed E-state index contributed by atoms with van der Waals surface area (Å²) in [7, 11) is 0. The summed E-state index contributed by atoms with van der Waals surface area (Å²) in [6.07, 6.45) is 1.96. The molecule has 0 aromatic heterocycles. The topological polar surface area (TPSA) is 113 Å². The zero-order valence-electron chi connectivity index (χ0n) is 22.4. The second kappa shape index (κ2) is 12.7. The van der Waals surface area contributed by atoms with Crippen LogP contribution in [-0.4, -0.2) is 25.8 Å². The molecule has 1 heterocycles. The molecule has 0 amide bonds. The third kappa shape index (κ3) is 6.44. The molecule has 1 unspecified atom stereocenters. The Bertz CT molecular complexity index is 1410. The van der Waals surface area contributed by atoms with Crippen molar-refractivity contribution in [3.05, 3.63) is 88.8 Å². The van der Waals surface area contributed by atoms with Crippen LogP contribution in [0.2, 0.25) is 0 Å². The fourth-order valence-electron chi connectivity index (χ4n) is 4.28. The maximum absolute atomic E-state index is 12.4. The van der Waals surface area contributed by atoms with E-state index in [2.05, 4.69) is 13.0 Å². The Morgan fingerprint density at radius 3 is 2.56 bits per heavy atom. The number of carbonyl (C=O) groups is 1. The van der Waals surface area contributed by atoms with Gasteiger partial charge in [0.1, 0.15) is 28.9 Å². The van der Waals surface area contributed by atoms with Gasteiger partial charge in [0, 0.05) is 11.6 Å². The zero-order chi connectivity index (χ0) is 27.8. The predicted molar refractivity (Wildman–Crippen MR) is 146 cm³/mol. The average Bonchev–Trinajstić information content (AvgIpc) is 2.93. The lowest BCUT2D eigenvalue weighted by Gasteiger charge is -2.27. The van der Waals surface area contributed by atoms with Gasteiger partial charge in [-0.05, 0) is 55.7 Å². The first-order chi connectivity index (χ1) is 18.9. The number of rotatable bonds is 11. The van der Waals surface area contributed by atoms with Gasteiger partial charge in [0.05, 0.1) is 19.1 Å². The number of hydrogen-bond acceptors (Lipinski definition) is 8. The number of aryl methyl sites for hydroxylation is 1. The molecule has 0 saturated carbocycles. The van der Waals surface area contributed by atoms with Gasteiger partial charge in [-0.2, -0.15) is 5.26 Å². The number of ether oxygens (including phenoxy) is 5. The van der Waals surface area contributed by atoms with E-state index in [1.165, 1.54) is 0 Å². The Hall–Kier alpha value is -4.64. The van der Waals surface area contributed by atoms with E-state index in [-0.39, 0.29) is 23.8 Å². The van der Waals surface area contributed by atoms with Gasteiger partial charge in [0.15, 0.2) is 18.1 Å². The van der Waals surface area contributed by atoms with Gasteiger partial charge in [-0.15, -0.1) is 0 Å². The molecular weight excluding hydrogens is 496 g/mol. The van der Waals surface area contributed by atoms with Crippen LogP contribution in [0.1, 0.15) is 49.3 Å². The maximum atomic E-state index is 12.4. The largest absolute Gasteiger partial charge is 0.490 e. The molecule has 3 aromatic carbocycles. The molecule has 39 heavy (non-hydrogen) atoms. The Morgan fingerprint density at radius 1 is 1.00 bits per heavy atom. The molecule has 1 aliphatic heterocycles. The van der Waals surface area contributed by atoms with Gasteiger partial charge in [-0.3, -0.25) is 0 Å². The summed E-state index contributed by atoms with van der Waals surface area (Å²) in [4.78, 5) is 12.4. The van der Waals surface area contributed by atoms with Crippen molar-refractivity contribution in [3.8, 4) is 34.8 Å². The fourth-order valence-corrected chi connectivity index (χ4v) is 4.28. The molecular formula is C31H32N2O6. The number of benzene rings is 3. The van der Waals surface area contributed by atoms with Crippen LogP contribution in [0, 0.1) is 18.3 Å². The minimum absolute atomic E-state index is 0.0115. The smallest absolute Gasteiger partial charge is 0.349 e. The van der Waals surface area contributed by atoms with Crippen molar-refractivity contribution >= 4 is 5.97 Å². The van der Waals surface area contributed by atoms with E-state index in [0.717, 1.165) is 24.0 Å². The first-order valence-corrected chi connectivity index (χ1v) is 12.9. The number of allylic oxidation sites excluding steroid dienone is 1. The molecule has 0 radical (unpaired) electrons. The van der Waals surface area contributed by atoms with E-state index in [1.807, 2.05) is 50.2 Å². The number of nitrogens with two attached hydrogens (primary N) is 1. The Kier molecular flexibility index (Phi) is 8.95. The lowest BCUT2D eigenvalue weighted by molar-refractivity contribution is -0.136. The molecule has 0 fully saturated rings. The highest BCUT2D eigenvalue weighted by Crippen LogP contribution is 2.45. The van der Waals surface area contributed by atoms with Crippen molar-refractivity contribution in [2.45, 2.75) is 39.5 Å². The van der Waals surface area contributed by atoms with Crippen LogP contribution in [0.5, 0.6) is 28.7 Å². The molecule has 202 valence electrons. The monoisotopic (exact) mass is 528 g/mol. The van der Waals surface area contributed by atoms with E-state index in [9.17, 15) is 10.1 Å². The highest BCUT2D eigenvalue weighted by atomic mass is 16.6. The average molecular weight is 529 g/mol. The van der Waals surface area contributed by atoms with Gasteiger partial charge in [0.25, 0.3) is 0 Å². The normalized spacial score (nSPS) is 14.1. The number of nitriles is 1. The highest BCUT2D eigenvalue weighted by Gasteiger charge is 2.32. The van der Waals surface area contributed by atoms with Crippen LogP contribution in [0.25, 0.3) is 0 Å². The van der Waals surface area contributed by atoms with Gasteiger partial charge in [0.2, 0.25) is 5.88 Å². The minimum atomic E-state index is -0.563. The second-order valence-corrected chi connectivity index (χ2v) is 8.99. The molecule has 0 saturated heterocycles. The van der Waals surface area contributed by atoms with Crippen molar-refractivity contribution in [3.63, 3.8) is 0 Å². The summed E-state index contributed by atoms with van der Waals surface area (Å²) in [5.41, 5.74) is 8.87. The summed E-state index contributed by atoms with van der Waals surface area (Å²) < 4.78 is 28.6. The van der Waals surface area contributed by atoms with E-state index in [4.69, 9.17) is 29.4 Å². The molecule has 4 rings (SSSR count). The van der Waals surface area contributed by atoms with Gasteiger partial charge >= 0.3 is 5.97 Å². The van der Waals surface area contributed by atoms with Crippen LogP contribution in [0.3, 0.4) is 0 Å². The Labute approximate surface area is 228 Å². The van der Waals surface area contributed by atoms with Crippen molar-refractivity contribution in [2.24, 2.45) is 5.73 Å². The van der Waals surface area contributed by atoms with E-state index in [0.29, 0.717) is 41.8 Å². The molecule has 1 atom stereocenters. The SMILES string of the molecule is CCCCOc1ccc(C2C(C#N)=C(N)Oc3cc(OC(=O)COc4ccccc4C)ccc32)cc1OCC. The second-order valence-electron chi connectivity index (χ2n) is 8.99. The minimum Gasteiger partial charge on any atom is -0.490 e. The molecule has 0 bridgehead atoms. The molecule has 0 aliphatic carbocycles. The maximum Gasteiger partial charge on any atom is 0.349 e. The van der Waals surface area contributed by atoms with Crippen molar-refractivity contribution in [1.82, 2.24) is 0 Å². The summed E-state index contributed by atoms with van der Waals surface area (Å²) in [5.74, 6) is 1.44. The lowest BCUT2D eigenvalue weighted by atomic mass is 9.83. The molecule has 0 spiro atoms.